The Labute approximate surface area is 199 Å². The van der Waals surface area contributed by atoms with Gasteiger partial charge in [-0.1, -0.05) is 17.7 Å². The van der Waals surface area contributed by atoms with Crippen molar-refractivity contribution in [2.24, 2.45) is 0 Å². The van der Waals surface area contributed by atoms with Crippen LogP contribution >= 0.6 is 22.9 Å². The van der Waals surface area contributed by atoms with Crippen molar-refractivity contribution in [1.29, 1.82) is 0 Å². The number of ether oxygens (including phenoxy) is 2. The number of aliphatic carboxylic acids is 1. The van der Waals surface area contributed by atoms with Crippen LogP contribution in [0.1, 0.15) is 22.2 Å². The van der Waals surface area contributed by atoms with Gasteiger partial charge in [0, 0.05) is 57.6 Å². The first-order valence-electron chi connectivity index (χ1n) is 10.4. The SMILES string of the molecule is COc1ccc(-c2nc3c(s2)CN([C@H](C(=O)O)c2c[nH]c4cc(Cl)ccc24)CC3)cc1OC. The highest BCUT2D eigenvalue weighted by Crippen LogP contribution is 2.39. The average Bonchev–Trinajstić information content (AvgIpc) is 3.42. The fourth-order valence-electron chi connectivity index (χ4n) is 4.36. The van der Waals surface area contributed by atoms with Crippen molar-refractivity contribution in [2.45, 2.75) is 19.0 Å². The lowest BCUT2D eigenvalue weighted by Gasteiger charge is -2.31. The molecule has 2 aromatic heterocycles. The second-order valence-electron chi connectivity index (χ2n) is 7.85. The monoisotopic (exact) mass is 483 g/mol. The van der Waals surface area contributed by atoms with Crippen molar-refractivity contribution < 1.29 is 19.4 Å². The molecule has 0 radical (unpaired) electrons. The minimum atomic E-state index is -0.876. The molecule has 0 saturated heterocycles. The van der Waals surface area contributed by atoms with Gasteiger partial charge in [0.1, 0.15) is 11.0 Å². The van der Waals surface area contributed by atoms with Gasteiger partial charge in [0.2, 0.25) is 0 Å². The fraction of sp³-hybridized carbons (Fsp3) is 0.250. The molecule has 1 atom stereocenters. The Bertz CT molecular complexity index is 1350. The largest absolute Gasteiger partial charge is 0.493 e. The molecule has 0 bridgehead atoms. The van der Waals surface area contributed by atoms with Crippen molar-refractivity contribution in [1.82, 2.24) is 14.9 Å². The van der Waals surface area contributed by atoms with Gasteiger partial charge >= 0.3 is 5.97 Å². The number of carboxylic acid groups (broad SMARTS) is 1. The topological polar surface area (TPSA) is 87.7 Å². The first-order chi connectivity index (χ1) is 16.0. The summed E-state index contributed by atoms with van der Waals surface area (Å²) < 4.78 is 10.8. The van der Waals surface area contributed by atoms with E-state index in [0.717, 1.165) is 37.6 Å². The summed E-state index contributed by atoms with van der Waals surface area (Å²) in [6, 6.07) is 10.4. The number of aromatic nitrogens is 2. The number of benzene rings is 2. The van der Waals surface area contributed by atoms with Crippen molar-refractivity contribution in [3.8, 4) is 22.1 Å². The van der Waals surface area contributed by atoms with E-state index >= 15 is 0 Å². The molecule has 33 heavy (non-hydrogen) atoms. The van der Waals surface area contributed by atoms with Gasteiger partial charge in [0.05, 0.1) is 19.9 Å². The molecule has 170 valence electrons. The standard InChI is InChI=1S/C24H22ClN3O4S/c1-31-19-6-3-13(9-20(19)32-2)23-27-17-7-8-28(12-21(17)33-23)22(24(29)30)16-11-26-18-10-14(25)4-5-15(16)18/h3-6,9-11,22,26H,7-8,12H2,1-2H3,(H,29,30)/t22-/m0/s1. The minimum absolute atomic E-state index is 0.525. The highest BCUT2D eigenvalue weighted by atomic mass is 35.5. The molecule has 0 saturated carbocycles. The number of aromatic amines is 1. The summed E-state index contributed by atoms with van der Waals surface area (Å²) in [5.41, 5.74) is 3.54. The molecule has 3 heterocycles. The van der Waals surface area contributed by atoms with Crippen LogP contribution in [0.2, 0.25) is 5.02 Å². The Morgan fingerprint density at radius 2 is 2.03 bits per heavy atom. The second-order valence-corrected chi connectivity index (χ2v) is 9.37. The van der Waals surface area contributed by atoms with Crippen LogP contribution in [-0.2, 0) is 17.8 Å². The van der Waals surface area contributed by atoms with Crippen molar-refractivity contribution in [3.63, 3.8) is 0 Å². The number of hydrogen-bond acceptors (Lipinski definition) is 6. The second kappa shape index (κ2) is 8.70. The third-order valence-corrected chi connectivity index (χ3v) is 7.33. The van der Waals surface area contributed by atoms with E-state index in [1.54, 1.807) is 37.8 Å². The lowest BCUT2D eigenvalue weighted by atomic mass is 10.0. The molecule has 9 heteroatoms. The van der Waals surface area contributed by atoms with Crippen LogP contribution in [0, 0.1) is 0 Å². The maximum Gasteiger partial charge on any atom is 0.325 e. The summed E-state index contributed by atoms with van der Waals surface area (Å²) in [4.78, 5) is 23.4. The quantitative estimate of drug-likeness (QED) is 0.394. The van der Waals surface area contributed by atoms with Gasteiger partial charge in [-0.15, -0.1) is 11.3 Å². The Morgan fingerprint density at radius 1 is 1.21 bits per heavy atom. The number of carbonyl (C=O) groups is 1. The molecule has 7 nitrogen and oxygen atoms in total. The number of hydrogen-bond donors (Lipinski definition) is 2. The van der Waals surface area contributed by atoms with Crippen LogP contribution in [0.3, 0.4) is 0 Å². The van der Waals surface area contributed by atoms with Crippen LogP contribution in [0.15, 0.2) is 42.6 Å². The van der Waals surface area contributed by atoms with Crippen LogP contribution in [0.4, 0.5) is 0 Å². The summed E-state index contributed by atoms with van der Waals surface area (Å²) in [6.45, 7) is 1.14. The molecule has 0 fully saturated rings. The zero-order valence-corrected chi connectivity index (χ0v) is 19.7. The highest BCUT2D eigenvalue weighted by Gasteiger charge is 2.33. The lowest BCUT2D eigenvalue weighted by molar-refractivity contribution is -0.144. The van der Waals surface area contributed by atoms with Crippen LogP contribution < -0.4 is 9.47 Å². The van der Waals surface area contributed by atoms with Gasteiger partial charge in [-0.3, -0.25) is 9.69 Å². The van der Waals surface area contributed by atoms with Crippen LogP contribution in [-0.4, -0.2) is 46.7 Å². The maximum atomic E-state index is 12.4. The van der Waals surface area contributed by atoms with E-state index in [9.17, 15) is 9.90 Å². The number of rotatable bonds is 6. The maximum absolute atomic E-state index is 12.4. The summed E-state index contributed by atoms with van der Waals surface area (Å²) in [5.74, 6) is 0.437. The van der Waals surface area contributed by atoms with Crippen molar-refractivity contribution in [3.05, 3.63) is 63.8 Å². The minimum Gasteiger partial charge on any atom is -0.493 e. The first kappa shape index (κ1) is 21.8. The van der Waals surface area contributed by atoms with E-state index in [1.807, 2.05) is 35.2 Å². The molecule has 0 spiro atoms. The van der Waals surface area contributed by atoms with Crippen LogP contribution in [0.25, 0.3) is 21.5 Å². The number of nitrogens with zero attached hydrogens (tertiary/aromatic N) is 2. The van der Waals surface area contributed by atoms with Gasteiger partial charge in [-0.05, 0) is 30.3 Å². The number of nitrogens with one attached hydrogen (secondary N) is 1. The normalized spacial score (nSPS) is 14.8. The predicted octanol–water partition coefficient (Wildman–Crippen LogP) is 5.15. The van der Waals surface area contributed by atoms with Gasteiger partial charge in [0.25, 0.3) is 0 Å². The molecule has 1 aliphatic heterocycles. The van der Waals surface area contributed by atoms with E-state index in [-0.39, 0.29) is 0 Å². The zero-order valence-electron chi connectivity index (χ0n) is 18.1. The van der Waals surface area contributed by atoms with E-state index < -0.39 is 12.0 Å². The first-order valence-corrected chi connectivity index (χ1v) is 11.6. The Balaban J connectivity index is 1.46. The molecule has 0 aliphatic carbocycles. The Kier molecular flexibility index (Phi) is 5.74. The molecule has 5 rings (SSSR count). The molecule has 2 N–H and O–H groups in total. The molecule has 2 aromatic carbocycles. The molecule has 0 amide bonds. The highest BCUT2D eigenvalue weighted by molar-refractivity contribution is 7.15. The molecule has 0 unspecified atom stereocenters. The lowest BCUT2D eigenvalue weighted by Crippen LogP contribution is -2.37. The number of methoxy groups -OCH3 is 2. The number of fused-ring (bicyclic) bond motifs is 2. The van der Waals surface area contributed by atoms with E-state index in [4.69, 9.17) is 26.1 Å². The van der Waals surface area contributed by atoms with Gasteiger partial charge in [-0.2, -0.15) is 0 Å². The smallest absolute Gasteiger partial charge is 0.325 e. The number of halogens is 1. The summed E-state index contributed by atoms with van der Waals surface area (Å²) >= 11 is 7.69. The number of H-pyrrole nitrogens is 1. The fourth-order valence-corrected chi connectivity index (χ4v) is 5.66. The molecular weight excluding hydrogens is 462 g/mol. The molecular formula is C24H22ClN3O4S. The van der Waals surface area contributed by atoms with E-state index in [1.165, 1.54) is 0 Å². The third-order valence-electron chi connectivity index (χ3n) is 5.96. The Hall–Kier alpha value is -3.07. The zero-order chi connectivity index (χ0) is 23.1. The summed E-state index contributed by atoms with van der Waals surface area (Å²) in [7, 11) is 3.21. The van der Waals surface area contributed by atoms with Crippen LogP contribution in [0.5, 0.6) is 11.5 Å². The van der Waals surface area contributed by atoms with E-state index in [2.05, 4.69) is 4.98 Å². The summed E-state index contributed by atoms with van der Waals surface area (Å²) in [5, 5.41) is 12.5. The molecule has 4 aromatic rings. The third kappa shape index (κ3) is 3.94. The summed E-state index contributed by atoms with van der Waals surface area (Å²) in [6.07, 6.45) is 2.47. The van der Waals surface area contributed by atoms with E-state index in [0.29, 0.717) is 36.0 Å². The average molecular weight is 484 g/mol. The number of thiazole rings is 1. The van der Waals surface area contributed by atoms with Crippen molar-refractivity contribution >= 4 is 39.8 Å². The van der Waals surface area contributed by atoms with Gasteiger partial charge in [-0.25, -0.2) is 4.98 Å². The van der Waals surface area contributed by atoms with Gasteiger partial charge in [0.15, 0.2) is 11.5 Å². The van der Waals surface area contributed by atoms with Crippen molar-refractivity contribution in [2.75, 3.05) is 20.8 Å². The molecule has 1 aliphatic rings. The predicted molar refractivity (Wildman–Crippen MR) is 128 cm³/mol. The Morgan fingerprint density at radius 3 is 2.79 bits per heavy atom. The number of carboxylic acids is 1. The van der Waals surface area contributed by atoms with Gasteiger partial charge < -0.3 is 19.6 Å².